The lowest BCUT2D eigenvalue weighted by Gasteiger charge is -2.20. The first-order chi connectivity index (χ1) is 6.72. The van der Waals surface area contributed by atoms with Gasteiger partial charge in [0.2, 0.25) is 0 Å². The second kappa shape index (κ2) is 5.17. The van der Waals surface area contributed by atoms with Crippen molar-refractivity contribution in [2.24, 2.45) is 5.73 Å². The van der Waals surface area contributed by atoms with Crippen LogP contribution in [0.5, 0.6) is 0 Å². The van der Waals surface area contributed by atoms with E-state index in [1.807, 2.05) is 6.07 Å². The van der Waals surface area contributed by atoms with Crippen molar-refractivity contribution in [1.82, 2.24) is 4.98 Å². The summed E-state index contributed by atoms with van der Waals surface area (Å²) in [5.41, 5.74) is 6.46. The highest BCUT2D eigenvalue weighted by Crippen LogP contribution is 2.23. The van der Waals surface area contributed by atoms with E-state index in [9.17, 15) is 0 Å². The van der Waals surface area contributed by atoms with Gasteiger partial charge in [-0.1, -0.05) is 11.6 Å². The van der Waals surface area contributed by atoms with Crippen LogP contribution in [0.2, 0.25) is 5.02 Å². The summed E-state index contributed by atoms with van der Waals surface area (Å²) in [7, 11) is 0. The van der Waals surface area contributed by atoms with Crippen LogP contribution >= 0.6 is 11.6 Å². The van der Waals surface area contributed by atoms with Gasteiger partial charge in [0.15, 0.2) is 0 Å². The molecule has 0 saturated heterocycles. The number of nitrogens with two attached hydrogens (primary N) is 1. The summed E-state index contributed by atoms with van der Waals surface area (Å²) in [6.07, 6.45) is 1.78. The van der Waals surface area contributed by atoms with Gasteiger partial charge in [-0.25, -0.2) is 4.98 Å². The van der Waals surface area contributed by atoms with Crippen LogP contribution in [0.1, 0.15) is 19.4 Å². The molecule has 0 radical (unpaired) electrons. The molecule has 0 aliphatic carbocycles. The molecule has 1 aromatic rings. The summed E-state index contributed by atoms with van der Waals surface area (Å²) < 4.78 is 0. The Morgan fingerprint density at radius 1 is 1.43 bits per heavy atom. The minimum atomic E-state index is 0.477. The van der Waals surface area contributed by atoms with E-state index in [1.165, 1.54) is 0 Å². The van der Waals surface area contributed by atoms with Gasteiger partial charge in [-0.05, 0) is 25.5 Å². The van der Waals surface area contributed by atoms with Crippen molar-refractivity contribution in [2.45, 2.75) is 20.4 Å². The lowest BCUT2D eigenvalue weighted by molar-refractivity contribution is 0.843. The Labute approximate surface area is 89.9 Å². The van der Waals surface area contributed by atoms with Crippen LogP contribution in [0.15, 0.2) is 12.3 Å². The Balaban J connectivity index is 2.98. The average Bonchev–Trinajstić information content (AvgIpc) is 2.22. The van der Waals surface area contributed by atoms with Crippen LogP contribution in [0.4, 0.5) is 5.82 Å². The molecule has 3 nitrogen and oxygen atoms in total. The molecule has 1 heterocycles. The Kier molecular flexibility index (Phi) is 4.17. The molecule has 0 aromatic carbocycles. The van der Waals surface area contributed by atoms with Crippen LogP contribution in [0.25, 0.3) is 0 Å². The van der Waals surface area contributed by atoms with Crippen molar-refractivity contribution in [1.29, 1.82) is 0 Å². The maximum Gasteiger partial charge on any atom is 0.147 e. The Bertz CT molecular complexity index is 297. The highest BCUT2D eigenvalue weighted by Gasteiger charge is 2.08. The normalized spacial score (nSPS) is 10.3. The summed E-state index contributed by atoms with van der Waals surface area (Å²) >= 11 is 6.10. The highest BCUT2D eigenvalue weighted by atomic mass is 35.5. The molecule has 1 aromatic heterocycles. The molecule has 0 atom stereocenters. The van der Waals surface area contributed by atoms with E-state index in [0.29, 0.717) is 11.6 Å². The number of halogens is 1. The van der Waals surface area contributed by atoms with Gasteiger partial charge < -0.3 is 10.6 Å². The molecule has 4 heteroatoms. The van der Waals surface area contributed by atoms with Gasteiger partial charge in [0.05, 0.1) is 5.02 Å². The van der Waals surface area contributed by atoms with Crippen LogP contribution in [-0.4, -0.2) is 18.1 Å². The summed E-state index contributed by atoms with van der Waals surface area (Å²) in [5.74, 6) is 0.842. The molecule has 0 amide bonds. The van der Waals surface area contributed by atoms with Gasteiger partial charge in [-0.2, -0.15) is 0 Å². The minimum Gasteiger partial charge on any atom is -0.356 e. The second-order valence-electron chi connectivity index (χ2n) is 3.03. The first kappa shape index (κ1) is 11.3. The molecule has 0 aliphatic heterocycles. The zero-order valence-electron chi connectivity index (χ0n) is 8.63. The Morgan fingerprint density at radius 2 is 2.07 bits per heavy atom. The predicted molar refractivity (Wildman–Crippen MR) is 60.7 cm³/mol. The van der Waals surface area contributed by atoms with Crippen molar-refractivity contribution in [3.63, 3.8) is 0 Å². The van der Waals surface area contributed by atoms with E-state index >= 15 is 0 Å². The summed E-state index contributed by atoms with van der Waals surface area (Å²) in [6.45, 7) is 6.46. The molecular formula is C10H16ClN3. The lowest BCUT2D eigenvalue weighted by Crippen LogP contribution is -2.23. The van der Waals surface area contributed by atoms with E-state index in [2.05, 4.69) is 23.7 Å². The fourth-order valence-corrected chi connectivity index (χ4v) is 1.65. The zero-order valence-corrected chi connectivity index (χ0v) is 9.38. The Hall–Kier alpha value is -0.800. The smallest absolute Gasteiger partial charge is 0.147 e. The largest absolute Gasteiger partial charge is 0.356 e. The number of aromatic nitrogens is 1. The molecule has 78 valence electrons. The molecular weight excluding hydrogens is 198 g/mol. The number of nitrogens with zero attached hydrogens (tertiary/aromatic N) is 2. The van der Waals surface area contributed by atoms with E-state index in [-0.39, 0.29) is 0 Å². The van der Waals surface area contributed by atoms with E-state index in [0.717, 1.165) is 24.5 Å². The van der Waals surface area contributed by atoms with Crippen LogP contribution in [0.3, 0.4) is 0 Å². The van der Waals surface area contributed by atoms with E-state index in [1.54, 1.807) is 6.20 Å². The molecule has 1 rings (SSSR count). The summed E-state index contributed by atoms with van der Waals surface area (Å²) in [6, 6.07) is 1.88. The predicted octanol–water partition coefficient (Wildman–Crippen LogP) is 2.04. The topological polar surface area (TPSA) is 42.2 Å². The monoisotopic (exact) mass is 213 g/mol. The molecule has 0 aliphatic rings. The van der Waals surface area contributed by atoms with Gasteiger partial charge in [0, 0.05) is 25.8 Å². The van der Waals surface area contributed by atoms with Crippen LogP contribution < -0.4 is 10.6 Å². The molecule has 0 fully saturated rings. The fraction of sp³-hybridized carbons (Fsp3) is 0.500. The third-order valence-electron chi connectivity index (χ3n) is 2.18. The van der Waals surface area contributed by atoms with E-state index < -0.39 is 0 Å². The van der Waals surface area contributed by atoms with E-state index in [4.69, 9.17) is 17.3 Å². The minimum absolute atomic E-state index is 0.477. The standard InChI is InChI=1S/C10H16ClN3/c1-3-14(4-2)10-9(11)5-8(6-12)7-13-10/h5,7H,3-4,6,12H2,1-2H3. The van der Waals surface area contributed by atoms with Crippen molar-refractivity contribution in [2.75, 3.05) is 18.0 Å². The van der Waals surface area contributed by atoms with Crippen molar-refractivity contribution in [3.8, 4) is 0 Å². The van der Waals surface area contributed by atoms with Gasteiger partial charge in [0.25, 0.3) is 0 Å². The lowest BCUT2D eigenvalue weighted by atomic mass is 10.3. The SMILES string of the molecule is CCN(CC)c1ncc(CN)cc1Cl. The fourth-order valence-electron chi connectivity index (χ4n) is 1.34. The average molecular weight is 214 g/mol. The quantitative estimate of drug-likeness (QED) is 0.833. The van der Waals surface area contributed by atoms with Gasteiger partial charge in [-0.3, -0.25) is 0 Å². The summed E-state index contributed by atoms with van der Waals surface area (Å²) in [4.78, 5) is 6.42. The molecule has 0 saturated carbocycles. The maximum absolute atomic E-state index is 6.10. The van der Waals surface area contributed by atoms with Crippen molar-refractivity contribution >= 4 is 17.4 Å². The number of anilines is 1. The molecule has 14 heavy (non-hydrogen) atoms. The first-order valence-electron chi connectivity index (χ1n) is 4.82. The van der Waals surface area contributed by atoms with Crippen molar-refractivity contribution < 1.29 is 0 Å². The second-order valence-corrected chi connectivity index (χ2v) is 3.43. The number of hydrogen-bond acceptors (Lipinski definition) is 3. The molecule has 0 bridgehead atoms. The Morgan fingerprint density at radius 3 is 2.50 bits per heavy atom. The first-order valence-corrected chi connectivity index (χ1v) is 5.20. The van der Waals surface area contributed by atoms with Gasteiger partial charge >= 0.3 is 0 Å². The number of rotatable bonds is 4. The zero-order chi connectivity index (χ0) is 10.6. The molecule has 2 N–H and O–H groups in total. The third-order valence-corrected chi connectivity index (χ3v) is 2.46. The maximum atomic E-state index is 6.10. The van der Waals surface area contributed by atoms with Crippen LogP contribution in [-0.2, 0) is 6.54 Å². The molecule has 0 spiro atoms. The third kappa shape index (κ3) is 2.36. The summed E-state index contributed by atoms with van der Waals surface area (Å²) in [5, 5.41) is 0.677. The number of hydrogen-bond donors (Lipinski definition) is 1. The number of pyridine rings is 1. The highest BCUT2D eigenvalue weighted by molar-refractivity contribution is 6.33. The molecule has 0 unspecified atom stereocenters. The van der Waals surface area contributed by atoms with Crippen LogP contribution in [0, 0.1) is 0 Å². The van der Waals surface area contributed by atoms with Gasteiger partial charge in [-0.15, -0.1) is 0 Å². The van der Waals surface area contributed by atoms with Gasteiger partial charge in [0.1, 0.15) is 5.82 Å². The van der Waals surface area contributed by atoms with Crippen molar-refractivity contribution in [3.05, 3.63) is 22.8 Å².